The zero-order chi connectivity index (χ0) is 18.9. The summed E-state index contributed by atoms with van der Waals surface area (Å²) in [6.45, 7) is 4.12. The summed E-state index contributed by atoms with van der Waals surface area (Å²) in [6.07, 6.45) is 0.929. The molecular formula is C20H22FNO4. The molecule has 26 heavy (non-hydrogen) atoms. The van der Waals surface area contributed by atoms with Crippen LogP contribution in [-0.2, 0) is 9.53 Å². The normalized spacial score (nSPS) is 11.5. The summed E-state index contributed by atoms with van der Waals surface area (Å²) >= 11 is 0. The lowest BCUT2D eigenvalue weighted by Crippen LogP contribution is -2.30. The largest absolute Gasteiger partial charge is 0.494 e. The third-order valence-corrected chi connectivity index (χ3v) is 3.64. The minimum Gasteiger partial charge on any atom is -0.494 e. The highest BCUT2D eigenvalue weighted by Gasteiger charge is 2.20. The number of carbonyl (C=O) groups excluding carboxylic acids is 2. The number of unbranched alkanes of at least 4 members (excludes halogenated alkanes) is 1. The average molecular weight is 359 g/mol. The van der Waals surface area contributed by atoms with Crippen LogP contribution in [0.4, 0.5) is 10.1 Å². The van der Waals surface area contributed by atoms with E-state index in [-0.39, 0.29) is 5.69 Å². The van der Waals surface area contributed by atoms with Crippen molar-refractivity contribution in [2.45, 2.75) is 32.8 Å². The molecular weight excluding hydrogens is 337 g/mol. The van der Waals surface area contributed by atoms with Gasteiger partial charge >= 0.3 is 5.97 Å². The van der Waals surface area contributed by atoms with Crippen LogP contribution in [0.2, 0.25) is 0 Å². The lowest BCUT2D eigenvalue weighted by molar-refractivity contribution is -0.123. The second-order valence-corrected chi connectivity index (χ2v) is 5.74. The number of rotatable bonds is 8. The molecule has 0 aliphatic rings. The van der Waals surface area contributed by atoms with Crippen LogP contribution in [0.3, 0.4) is 0 Å². The number of hydrogen-bond acceptors (Lipinski definition) is 4. The number of para-hydroxylation sites is 1. The number of nitrogens with one attached hydrogen (secondary N) is 1. The Morgan fingerprint density at radius 1 is 1.12 bits per heavy atom. The maximum Gasteiger partial charge on any atom is 0.338 e. The number of carbonyl (C=O) groups is 2. The Morgan fingerprint density at radius 3 is 2.46 bits per heavy atom. The smallest absolute Gasteiger partial charge is 0.338 e. The monoisotopic (exact) mass is 359 g/mol. The SMILES string of the molecule is CCCCOc1ccc(C(=O)O[C@H](C)C(=O)Nc2ccccc2F)cc1. The van der Waals surface area contributed by atoms with Gasteiger partial charge in [0.15, 0.2) is 6.10 Å². The first kappa shape index (κ1) is 19.4. The van der Waals surface area contributed by atoms with E-state index in [1.807, 2.05) is 0 Å². The first-order valence-corrected chi connectivity index (χ1v) is 8.50. The summed E-state index contributed by atoms with van der Waals surface area (Å²) in [4.78, 5) is 24.2. The number of benzene rings is 2. The van der Waals surface area contributed by atoms with Gasteiger partial charge in [-0.3, -0.25) is 4.79 Å². The van der Waals surface area contributed by atoms with Gasteiger partial charge in [0.2, 0.25) is 0 Å². The van der Waals surface area contributed by atoms with Crippen LogP contribution in [-0.4, -0.2) is 24.6 Å². The molecule has 1 N–H and O–H groups in total. The van der Waals surface area contributed by atoms with Crippen molar-refractivity contribution < 1.29 is 23.5 Å². The van der Waals surface area contributed by atoms with E-state index in [2.05, 4.69) is 12.2 Å². The Hall–Kier alpha value is -2.89. The summed E-state index contributed by atoms with van der Waals surface area (Å²) in [5.41, 5.74) is 0.340. The maximum absolute atomic E-state index is 13.6. The lowest BCUT2D eigenvalue weighted by atomic mass is 10.2. The molecule has 1 atom stereocenters. The van der Waals surface area contributed by atoms with E-state index in [0.29, 0.717) is 17.9 Å². The summed E-state index contributed by atoms with van der Waals surface area (Å²) in [6, 6.07) is 12.3. The number of esters is 1. The molecule has 0 heterocycles. The molecule has 2 aromatic carbocycles. The zero-order valence-electron chi connectivity index (χ0n) is 14.8. The first-order chi connectivity index (χ1) is 12.5. The van der Waals surface area contributed by atoms with E-state index in [9.17, 15) is 14.0 Å². The van der Waals surface area contributed by atoms with Gasteiger partial charge < -0.3 is 14.8 Å². The van der Waals surface area contributed by atoms with E-state index >= 15 is 0 Å². The third-order valence-electron chi connectivity index (χ3n) is 3.64. The van der Waals surface area contributed by atoms with E-state index in [1.54, 1.807) is 30.3 Å². The minimum absolute atomic E-state index is 0.0361. The highest BCUT2D eigenvalue weighted by Crippen LogP contribution is 2.16. The molecule has 0 saturated carbocycles. The van der Waals surface area contributed by atoms with Gasteiger partial charge in [-0.25, -0.2) is 9.18 Å². The topological polar surface area (TPSA) is 64.6 Å². The van der Waals surface area contributed by atoms with Crippen molar-refractivity contribution in [3.8, 4) is 5.75 Å². The van der Waals surface area contributed by atoms with Crippen molar-refractivity contribution in [2.75, 3.05) is 11.9 Å². The predicted molar refractivity (Wildman–Crippen MR) is 96.8 cm³/mol. The Kier molecular flexibility index (Phi) is 7.14. The molecule has 138 valence electrons. The molecule has 0 aromatic heterocycles. The van der Waals surface area contributed by atoms with Gasteiger partial charge in [-0.1, -0.05) is 25.5 Å². The minimum atomic E-state index is -1.07. The van der Waals surface area contributed by atoms with Crippen LogP contribution >= 0.6 is 0 Å². The standard InChI is InChI=1S/C20H22FNO4/c1-3-4-13-25-16-11-9-15(10-12-16)20(24)26-14(2)19(23)22-18-8-6-5-7-17(18)21/h5-12,14H,3-4,13H2,1-2H3,(H,22,23)/t14-/m1/s1. The molecule has 0 aliphatic carbocycles. The molecule has 1 amide bonds. The molecule has 6 heteroatoms. The van der Waals surface area contributed by atoms with Gasteiger partial charge in [-0.15, -0.1) is 0 Å². The highest BCUT2D eigenvalue weighted by atomic mass is 19.1. The number of anilines is 1. The highest BCUT2D eigenvalue weighted by molar-refractivity contribution is 5.97. The van der Waals surface area contributed by atoms with Crippen LogP contribution in [0.15, 0.2) is 48.5 Å². The van der Waals surface area contributed by atoms with Crippen LogP contribution in [0, 0.1) is 5.82 Å². The van der Waals surface area contributed by atoms with Crippen molar-refractivity contribution >= 4 is 17.6 Å². The van der Waals surface area contributed by atoms with E-state index in [4.69, 9.17) is 9.47 Å². The van der Waals surface area contributed by atoms with Crippen LogP contribution in [0.5, 0.6) is 5.75 Å². The van der Waals surface area contributed by atoms with Gasteiger partial charge in [-0.05, 0) is 49.7 Å². The van der Waals surface area contributed by atoms with E-state index in [0.717, 1.165) is 12.8 Å². The van der Waals surface area contributed by atoms with Crippen molar-refractivity contribution in [1.82, 2.24) is 0 Å². The zero-order valence-corrected chi connectivity index (χ0v) is 14.8. The number of ether oxygens (including phenoxy) is 2. The molecule has 0 saturated heterocycles. The molecule has 2 rings (SSSR count). The fourth-order valence-corrected chi connectivity index (χ4v) is 2.10. The van der Waals surface area contributed by atoms with E-state index < -0.39 is 23.8 Å². The summed E-state index contributed by atoms with van der Waals surface area (Å²) < 4.78 is 24.2. The van der Waals surface area contributed by atoms with Crippen LogP contribution in [0.25, 0.3) is 0 Å². The molecule has 0 spiro atoms. The van der Waals surface area contributed by atoms with Gasteiger partial charge in [0.05, 0.1) is 17.9 Å². The molecule has 0 radical (unpaired) electrons. The Bertz CT molecular complexity index is 746. The average Bonchev–Trinajstić information content (AvgIpc) is 2.64. The molecule has 0 unspecified atom stereocenters. The Balaban J connectivity index is 1.89. The van der Waals surface area contributed by atoms with Gasteiger partial charge in [0.1, 0.15) is 11.6 Å². The number of halogens is 1. The molecule has 0 fully saturated rings. The van der Waals surface area contributed by atoms with Gasteiger partial charge in [-0.2, -0.15) is 0 Å². The summed E-state index contributed by atoms with van der Waals surface area (Å²) in [5.74, 6) is -1.14. The lowest BCUT2D eigenvalue weighted by Gasteiger charge is -2.14. The molecule has 0 aliphatic heterocycles. The van der Waals surface area contributed by atoms with Crippen molar-refractivity contribution in [3.05, 3.63) is 59.9 Å². The first-order valence-electron chi connectivity index (χ1n) is 8.50. The fraction of sp³-hybridized carbons (Fsp3) is 0.300. The van der Waals surface area contributed by atoms with Crippen LogP contribution in [0.1, 0.15) is 37.0 Å². The number of hydrogen-bond donors (Lipinski definition) is 1. The Labute approximate surface area is 152 Å². The van der Waals surface area contributed by atoms with Crippen molar-refractivity contribution in [3.63, 3.8) is 0 Å². The third kappa shape index (κ3) is 5.58. The number of amides is 1. The summed E-state index contributed by atoms with van der Waals surface area (Å²) in [5, 5.41) is 2.39. The second kappa shape index (κ2) is 9.56. The molecule has 2 aromatic rings. The Morgan fingerprint density at radius 2 is 1.81 bits per heavy atom. The van der Waals surface area contributed by atoms with Crippen molar-refractivity contribution in [2.24, 2.45) is 0 Å². The second-order valence-electron chi connectivity index (χ2n) is 5.74. The van der Waals surface area contributed by atoms with Gasteiger partial charge in [0, 0.05) is 0 Å². The fourth-order valence-electron chi connectivity index (χ4n) is 2.10. The van der Waals surface area contributed by atoms with Crippen molar-refractivity contribution in [1.29, 1.82) is 0 Å². The molecule has 5 nitrogen and oxygen atoms in total. The molecule has 0 bridgehead atoms. The van der Waals surface area contributed by atoms with E-state index in [1.165, 1.54) is 25.1 Å². The van der Waals surface area contributed by atoms with Crippen LogP contribution < -0.4 is 10.1 Å². The maximum atomic E-state index is 13.6. The van der Waals surface area contributed by atoms with Gasteiger partial charge in [0.25, 0.3) is 5.91 Å². The summed E-state index contributed by atoms with van der Waals surface area (Å²) in [7, 11) is 0. The predicted octanol–water partition coefficient (Wildman–Crippen LogP) is 4.19. The quantitative estimate of drug-likeness (QED) is 0.567.